The zero-order valence-corrected chi connectivity index (χ0v) is 18.2. The molecule has 1 amide bonds. The molecule has 3 unspecified atom stereocenters. The van der Waals surface area contributed by atoms with Gasteiger partial charge in [-0.3, -0.25) is 9.69 Å². The van der Waals surface area contributed by atoms with Gasteiger partial charge in [0.2, 0.25) is 0 Å². The van der Waals surface area contributed by atoms with Crippen LogP contribution in [0.1, 0.15) is 35.2 Å². The number of ether oxygens (including phenoxy) is 1. The van der Waals surface area contributed by atoms with Crippen LogP contribution < -0.4 is 10.1 Å². The number of aliphatic hydroxyl groups excluding tert-OH is 1. The van der Waals surface area contributed by atoms with E-state index < -0.39 is 6.10 Å². The molecule has 4 atom stereocenters. The van der Waals surface area contributed by atoms with Gasteiger partial charge in [-0.1, -0.05) is 36.4 Å². The summed E-state index contributed by atoms with van der Waals surface area (Å²) in [6.45, 7) is 6.47. The third kappa shape index (κ3) is 4.39. The van der Waals surface area contributed by atoms with E-state index in [2.05, 4.69) is 28.9 Å². The summed E-state index contributed by atoms with van der Waals surface area (Å²) in [4.78, 5) is 15.2. The number of hydrogen-bond donors (Lipinski definition) is 2. The predicted octanol–water partition coefficient (Wildman–Crippen LogP) is 3.39. The van der Waals surface area contributed by atoms with Crippen LogP contribution in [0.25, 0.3) is 0 Å². The maximum atomic E-state index is 12.8. The lowest BCUT2D eigenvalue weighted by Gasteiger charge is -2.54. The summed E-state index contributed by atoms with van der Waals surface area (Å²) in [5.74, 6) is 0.836. The van der Waals surface area contributed by atoms with Gasteiger partial charge in [0.1, 0.15) is 5.75 Å². The number of carbonyl (C=O) groups is 1. The molecule has 1 saturated heterocycles. The van der Waals surface area contributed by atoms with E-state index in [1.54, 1.807) is 7.11 Å². The second-order valence-corrected chi connectivity index (χ2v) is 8.84. The Kier molecular flexibility index (Phi) is 6.44. The van der Waals surface area contributed by atoms with Crippen LogP contribution in [-0.4, -0.2) is 54.8 Å². The quantitative estimate of drug-likeness (QED) is 0.704. The molecular formula is C26H32N2O3. The lowest BCUT2D eigenvalue weighted by Crippen LogP contribution is -2.61. The van der Waals surface area contributed by atoms with Crippen LogP contribution in [0.5, 0.6) is 5.75 Å². The average molecular weight is 421 g/mol. The van der Waals surface area contributed by atoms with Gasteiger partial charge in [-0.25, -0.2) is 0 Å². The molecule has 1 heterocycles. The van der Waals surface area contributed by atoms with Gasteiger partial charge < -0.3 is 15.2 Å². The highest BCUT2D eigenvalue weighted by atomic mass is 16.5. The van der Waals surface area contributed by atoms with Crippen molar-refractivity contribution >= 4 is 5.91 Å². The molecule has 0 bridgehead atoms. The van der Waals surface area contributed by atoms with E-state index in [1.807, 2.05) is 48.5 Å². The molecule has 1 aliphatic carbocycles. The fraction of sp³-hybridized carbons (Fsp3) is 0.423. The Morgan fingerprint density at radius 1 is 1.29 bits per heavy atom. The number of hydrogen-bond acceptors (Lipinski definition) is 4. The first-order valence-electron chi connectivity index (χ1n) is 11.1. The zero-order chi connectivity index (χ0) is 21.8. The number of rotatable bonds is 6. The highest BCUT2D eigenvalue weighted by Crippen LogP contribution is 2.49. The van der Waals surface area contributed by atoms with Crippen molar-refractivity contribution in [3.63, 3.8) is 0 Å². The van der Waals surface area contributed by atoms with Crippen molar-refractivity contribution in [3.8, 4) is 5.75 Å². The van der Waals surface area contributed by atoms with Crippen molar-refractivity contribution in [1.82, 2.24) is 10.2 Å². The lowest BCUT2D eigenvalue weighted by molar-refractivity contribution is -0.0450. The summed E-state index contributed by atoms with van der Waals surface area (Å²) >= 11 is 0. The number of fused-ring (bicyclic) bond motifs is 1. The van der Waals surface area contributed by atoms with Crippen LogP contribution in [-0.2, 0) is 5.41 Å². The number of piperidine rings is 1. The van der Waals surface area contributed by atoms with Crippen molar-refractivity contribution in [2.45, 2.75) is 36.8 Å². The normalized spacial score (nSPS) is 28.4. The zero-order valence-electron chi connectivity index (χ0n) is 18.2. The van der Waals surface area contributed by atoms with Crippen LogP contribution in [0.15, 0.2) is 67.3 Å². The van der Waals surface area contributed by atoms with Crippen molar-refractivity contribution in [3.05, 3.63) is 78.4 Å². The highest BCUT2D eigenvalue weighted by molar-refractivity contribution is 5.94. The third-order valence-corrected chi connectivity index (χ3v) is 7.04. The van der Waals surface area contributed by atoms with Crippen LogP contribution in [0.3, 0.4) is 0 Å². The molecule has 0 radical (unpaired) electrons. The number of methoxy groups -OCH3 is 1. The number of nitrogens with zero attached hydrogens (tertiary/aromatic N) is 1. The molecule has 2 aromatic carbocycles. The number of benzene rings is 2. The molecule has 1 saturated carbocycles. The fourth-order valence-electron chi connectivity index (χ4n) is 5.54. The Hall–Kier alpha value is -2.63. The van der Waals surface area contributed by atoms with Gasteiger partial charge >= 0.3 is 0 Å². The van der Waals surface area contributed by atoms with Crippen LogP contribution in [0.2, 0.25) is 0 Å². The lowest BCUT2D eigenvalue weighted by atomic mass is 9.57. The van der Waals surface area contributed by atoms with E-state index in [0.29, 0.717) is 12.0 Å². The van der Waals surface area contributed by atoms with Crippen molar-refractivity contribution in [2.24, 2.45) is 5.92 Å². The Morgan fingerprint density at radius 3 is 2.84 bits per heavy atom. The first-order valence-corrected chi connectivity index (χ1v) is 11.1. The van der Waals surface area contributed by atoms with E-state index in [9.17, 15) is 9.90 Å². The van der Waals surface area contributed by atoms with E-state index in [4.69, 9.17) is 4.74 Å². The van der Waals surface area contributed by atoms with Crippen LogP contribution in [0, 0.1) is 5.92 Å². The standard InChI is InChI=1S/C26H32N2O3/c1-3-13-28-14-12-26(20-10-7-11-22(15-20)31-2)17-21(16-24(29)23(26)18-28)27-25(30)19-8-5-4-6-9-19/h3-11,15,21,23-24,29H,1,12-14,16-18H2,2H3,(H,27,30)/t21-,23?,24?,26?/m1/s1. The summed E-state index contributed by atoms with van der Waals surface area (Å²) in [6.07, 6.45) is 3.73. The topological polar surface area (TPSA) is 61.8 Å². The van der Waals surface area contributed by atoms with Gasteiger partial charge in [-0.2, -0.15) is 0 Å². The maximum absolute atomic E-state index is 12.8. The molecule has 5 heteroatoms. The largest absolute Gasteiger partial charge is 0.497 e. The van der Waals surface area contributed by atoms with E-state index in [-0.39, 0.29) is 23.3 Å². The van der Waals surface area contributed by atoms with Crippen molar-refractivity contribution < 1.29 is 14.6 Å². The molecule has 0 aromatic heterocycles. The van der Waals surface area contributed by atoms with Crippen LogP contribution >= 0.6 is 0 Å². The summed E-state index contributed by atoms with van der Waals surface area (Å²) in [7, 11) is 1.68. The molecule has 31 heavy (non-hydrogen) atoms. The minimum Gasteiger partial charge on any atom is -0.497 e. The predicted molar refractivity (Wildman–Crippen MR) is 122 cm³/mol. The van der Waals surface area contributed by atoms with Crippen molar-refractivity contribution in [1.29, 1.82) is 0 Å². The maximum Gasteiger partial charge on any atom is 0.251 e. The number of nitrogens with one attached hydrogen (secondary N) is 1. The van der Waals surface area contributed by atoms with Gasteiger partial charge in [0.05, 0.1) is 13.2 Å². The molecule has 5 nitrogen and oxygen atoms in total. The van der Waals surface area contributed by atoms with Crippen LogP contribution in [0.4, 0.5) is 0 Å². The molecule has 4 rings (SSSR count). The van der Waals surface area contributed by atoms with Gasteiger partial charge in [0.25, 0.3) is 5.91 Å². The monoisotopic (exact) mass is 420 g/mol. The third-order valence-electron chi connectivity index (χ3n) is 7.04. The summed E-state index contributed by atoms with van der Waals surface area (Å²) in [5, 5.41) is 14.5. The second-order valence-electron chi connectivity index (χ2n) is 8.84. The van der Waals surface area contributed by atoms with Gasteiger partial charge in [-0.05, 0) is 55.6 Å². The van der Waals surface area contributed by atoms with E-state index in [1.165, 1.54) is 5.56 Å². The molecule has 2 aliphatic rings. The Morgan fingerprint density at radius 2 is 2.10 bits per heavy atom. The smallest absolute Gasteiger partial charge is 0.251 e. The van der Waals surface area contributed by atoms with Gasteiger partial charge in [0, 0.05) is 36.0 Å². The second kappa shape index (κ2) is 9.25. The number of likely N-dealkylation sites (tertiary alicyclic amines) is 1. The first kappa shape index (κ1) is 21.6. The summed E-state index contributed by atoms with van der Waals surface area (Å²) < 4.78 is 5.50. The fourth-order valence-corrected chi connectivity index (χ4v) is 5.54. The summed E-state index contributed by atoms with van der Waals surface area (Å²) in [5.41, 5.74) is 1.63. The average Bonchev–Trinajstić information content (AvgIpc) is 2.80. The molecule has 2 aromatic rings. The minimum absolute atomic E-state index is 0.0823. The van der Waals surface area contributed by atoms with Gasteiger partial charge in [-0.15, -0.1) is 6.58 Å². The van der Waals surface area contributed by atoms with Gasteiger partial charge in [0.15, 0.2) is 0 Å². The first-order chi connectivity index (χ1) is 15.1. The molecule has 2 fully saturated rings. The number of amides is 1. The molecular weight excluding hydrogens is 388 g/mol. The molecule has 1 aliphatic heterocycles. The minimum atomic E-state index is -0.492. The Bertz CT molecular complexity index is 916. The number of aliphatic hydroxyl groups is 1. The highest BCUT2D eigenvalue weighted by Gasteiger charge is 2.52. The molecule has 2 N–H and O–H groups in total. The molecule has 164 valence electrons. The Labute approximate surface area is 184 Å². The number of carbonyl (C=O) groups excluding carboxylic acids is 1. The molecule has 0 spiro atoms. The Balaban J connectivity index is 1.64. The van der Waals surface area contributed by atoms with E-state index >= 15 is 0 Å². The summed E-state index contributed by atoms with van der Waals surface area (Å²) in [6, 6.07) is 17.4. The SMILES string of the molecule is C=CCN1CCC2(c3cccc(OC)c3)C[C@H](NC(=O)c3ccccc3)CC(O)C2C1. The van der Waals surface area contributed by atoms with Crippen molar-refractivity contribution in [2.75, 3.05) is 26.7 Å². The van der Waals surface area contributed by atoms with E-state index in [0.717, 1.165) is 38.2 Å².